The molecule has 0 saturated heterocycles. The fourth-order valence-electron chi connectivity index (χ4n) is 5.27. The Morgan fingerprint density at radius 3 is 2.84 bits per heavy atom. The van der Waals surface area contributed by atoms with Crippen molar-refractivity contribution >= 4 is 46.3 Å². The molecule has 0 radical (unpaired) electrons. The summed E-state index contributed by atoms with van der Waals surface area (Å²) in [6.07, 6.45) is 5.40. The lowest BCUT2D eigenvalue weighted by Crippen LogP contribution is -2.23. The van der Waals surface area contributed by atoms with Gasteiger partial charge in [0.25, 0.3) is 0 Å². The van der Waals surface area contributed by atoms with Crippen LogP contribution in [-0.4, -0.2) is 26.4 Å². The van der Waals surface area contributed by atoms with E-state index in [1.54, 1.807) is 23.5 Å². The van der Waals surface area contributed by atoms with E-state index in [1.807, 2.05) is 18.2 Å². The van der Waals surface area contributed by atoms with E-state index in [9.17, 15) is 4.79 Å². The number of rotatable bonds is 7. The number of nitrogens with zero attached hydrogens (tertiary/aromatic N) is 3. The Balaban J connectivity index is 1.36. The lowest BCUT2D eigenvalue weighted by atomic mass is 9.84. The molecule has 1 amide bonds. The smallest absolute Gasteiger partial charge is 0.234 e. The molecule has 2 heterocycles. The molecule has 8 heteroatoms. The van der Waals surface area contributed by atoms with Crippen molar-refractivity contribution in [2.75, 3.05) is 11.1 Å². The summed E-state index contributed by atoms with van der Waals surface area (Å²) >= 11 is 9.29. The minimum atomic E-state index is -0.0992. The number of thioether (sulfide) groups is 1. The number of aromatic nitrogens is 3. The van der Waals surface area contributed by atoms with Gasteiger partial charge in [-0.25, -0.2) is 0 Å². The summed E-state index contributed by atoms with van der Waals surface area (Å²) in [7, 11) is 0. The molecule has 2 aromatic heterocycles. The van der Waals surface area contributed by atoms with Crippen molar-refractivity contribution in [3.05, 3.63) is 46.8 Å². The van der Waals surface area contributed by atoms with Crippen LogP contribution in [0.5, 0.6) is 0 Å². The van der Waals surface area contributed by atoms with Gasteiger partial charge in [0, 0.05) is 6.04 Å². The quantitative estimate of drug-likeness (QED) is 0.405. The first-order chi connectivity index (χ1) is 15.1. The number of anilines is 1. The number of benzene rings is 1. The van der Waals surface area contributed by atoms with Gasteiger partial charge in [0.15, 0.2) is 11.0 Å². The first-order valence-corrected chi connectivity index (χ1v) is 13.0. The lowest BCUT2D eigenvalue weighted by molar-refractivity contribution is -0.113. The number of para-hydroxylation sites is 1. The molecule has 5 rings (SSSR count). The minimum Gasteiger partial charge on any atom is -0.324 e. The number of amides is 1. The molecule has 1 N–H and O–H groups in total. The molecule has 0 unspecified atom stereocenters. The molecule has 5 nitrogen and oxygen atoms in total. The van der Waals surface area contributed by atoms with E-state index >= 15 is 0 Å². The average Bonchev–Trinajstić information content (AvgIpc) is 3.57. The summed E-state index contributed by atoms with van der Waals surface area (Å²) in [6.45, 7) is 2.31. The van der Waals surface area contributed by atoms with Gasteiger partial charge in [0.1, 0.15) is 0 Å². The van der Waals surface area contributed by atoms with Crippen molar-refractivity contribution in [3.8, 4) is 10.7 Å². The van der Waals surface area contributed by atoms with E-state index in [1.165, 1.54) is 37.4 Å². The molecule has 0 aliphatic heterocycles. The largest absolute Gasteiger partial charge is 0.324 e. The maximum Gasteiger partial charge on any atom is 0.234 e. The van der Waals surface area contributed by atoms with Crippen LogP contribution in [0.3, 0.4) is 0 Å². The number of nitrogens with one attached hydrogen (secondary N) is 1. The Labute approximate surface area is 195 Å². The predicted molar refractivity (Wildman–Crippen MR) is 128 cm³/mol. The number of halogens is 1. The van der Waals surface area contributed by atoms with Crippen LogP contribution in [0, 0.1) is 17.8 Å². The van der Waals surface area contributed by atoms with E-state index in [-0.39, 0.29) is 11.7 Å². The van der Waals surface area contributed by atoms with Gasteiger partial charge in [-0.15, -0.1) is 21.5 Å². The summed E-state index contributed by atoms with van der Waals surface area (Å²) < 4.78 is 2.28. The third-order valence-electron chi connectivity index (χ3n) is 6.71. The molecule has 4 atom stereocenters. The highest BCUT2D eigenvalue weighted by Gasteiger charge is 2.43. The summed E-state index contributed by atoms with van der Waals surface area (Å²) in [5, 5.41) is 15.4. The van der Waals surface area contributed by atoms with Crippen LogP contribution in [0.1, 0.15) is 38.6 Å². The number of carbonyl (C=O) groups is 1. The molecule has 2 bridgehead atoms. The van der Waals surface area contributed by atoms with Gasteiger partial charge in [-0.1, -0.05) is 48.0 Å². The van der Waals surface area contributed by atoms with Crippen LogP contribution >= 0.6 is 34.7 Å². The molecule has 162 valence electrons. The molecular formula is C23H25ClN4OS2. The van der Waals surface area contributed by atoms with Gasteiger partial charge in [0.05, 0.1) is 21.3 Å². The van der Waals surface area contributed by atoms with Crippen molar-refractivity contribution in [2.45, 2.75) is 43.8 Å². The van der Waals surface area contributed by atoms with E-state index in [4.69, 9.17) is 11.6 Å². The van der Waals surface area contributed by atoms with E-state index < -0.39 is 0 Å². The molecule has 2 fully saturated rings. The van der Waals surface area contributed by atoms with Crippen LogP contribution in [0.4, 0.5) is 5.69 Å². The van der Waals surface area contributed by atoms with Gasteiger partial charge in [-0.05, 0) is 67.5 Å². The van der Waals surface area contributed by atoms with E-state index in [0.717, 1.165) is 27.7 Å². The zero-order valence-corrected chi connectivity index (χ0v) is 19.7. The zero-order chi connectivity index (χ0) is 21.4. The number of carbonyl (C=O) groups excluding carboxylic acids is 1. The van der Waals surface area contributed by atoms with E-state index in [0.29, 0.717) is 22.7 Å². The molecule has 0 spiro atoms. The second kappa shape index (κ2) is 8.96. The predicted octanol–water partition coefficient (Wildman–Crippen LogP) is 6.39. The topological polar surface area (TPSA) is 59.8 Å². The monoisotopic (exact) mass is 472 g/mol. The molecular weight excluding hydrogens is 448 g/mol. The highest BCUT2D eigenvalue weighted by molar-refractivity contribution is 7.99. The van der Waals surface area contributed by atoms with Crippen LogP contribution in [-0.2, 0) is 4.79 Å². The summed E-state index contributed by atoms with van der Waals surface area (Å²) in [5.41, 5.74) is 0.630. The minimum absolute atomic E-state index is 0.0992. The van der Waals surface area contributed by atoms with Crippen LogP contribution in [0.15, 0.2) is 46.9 Å². The van der Waals surface area contributed by atoms with Gasteiger partial charge in [0.2, 0.25) is 5.91 Å². The highest BCUT2D eigenvalue weighted by atomic mass is 35.5. The van der Waals surface area contributed by atoms with Gasteiger partial charge >= 0.3 is 0 Å². The van der Waals surface area contributed by atoms with Crippen LogP contribution < -0.4 is 5.32 Å². The second-order valence-corrected chi connectivity index (χ2v) is 10.8. The second-order valence-electron chi connectivity index (χ2n) is 8.55. The van der Waals surface area contributed by atoms with Crippen molar-refractivity contribution in [2.24, 2.45) is 17.8 Å². The Morgan fingerprint density at radius 1 is 1.26 bits per heavy atom. The SMILES string of the molecule is C[C@H]([C@@H]1C[C@H]2CC[C@H]1C2)n1c(SCC(=O)Nc2ccccc2Cl)nnc1-c1cccs1. The maximum absolute atomic E-state index is 12.6. The molecule has 2 aliphatic carbocycles. The molecule has 3 aromatic rings. The molecule has 31 heavy (non-hydrogen) atoms. The molecule has 2 saturated carbocycles. The first-order valence-electron chi connectivity index (χ1n) is 10.8. The Kier molecular flexibility index (Phi) is 6.08. The van der Waals surface area contributed by atoms with Crippen LogP contribution in [0.2, 0.25) is 5.02 Å². The van der Waals surface area contributed by atoms with Crippen molar-refractivity contribution in [3.63, 3.8) is 0 Å². The van der Waals surface area contributed by atoms with Gasteiger partial charge < -0.3 is 5.32 Å². The third-order valence-corrected chi connectivity index (χ3v) is 8.84. The molecule has 2 aliphatic rings. The third kappa shape index (κ3) is 4.28. The average molecular weight is 473 g/mol. The van der Waals surface area contributed by atoms with Crippen LogP contribution in [0.25, 0.3) is 10.7 Å². The number of fused-ring (bicyclic) bond motifs is 2. The number of hydrogen-bond acceptors (Lipinski definition) is 5. The Bertz CT molecular complexity index is 1070. The summed E-state index contributed by atoms with van der Waals surface area (Å²) in [6, 6.07) is 11.7. The van der Waals surface area contributed by atoms with Crippen molar-refractivity contribution < 1.29 is 4.79 Å². The Morgan fingerprint density at radius 2 is 2.13 bits per heavy atom. The number of hydrogen-bond donors (Lipinski definition) is 1. The Hall–Kier alpha value is -1.83. The summed E-state index contributed by atoms with van der Waals surface area (Å²) in [5.74, 6) is 3.43. The number of thiophene rings is 1. The van der Waals surface area contributed by atoms with E-state index in [2.05, 4.69) is 38.5 Å². The lowest BCUT2D eigenvalue weighted by Gasteiger charge is -2.30. The summed E-state index contributed by atoms with van der Waals surface area (Å²) in [4.78, 5) is 13.7. The normalized spacial score (nSPS) is 23.2. The fourth-order valence-corrected chi connectivity index (χ4v) is 6.98. The molecule has 1 aromatic carbocycles. The standard InChI is InChI=1S/C23H25ClN4OS2/c1-14(17-12-15-8-9-16(17)11-15)28-22(20-7-4-10-30-20)26-27-23(28)31-13-21(29)25-19-6-3-2-5-18(19)24/h2-7,10,14-17H,8-9,11-13H2,1H3,(H,25,29)/t14-,15+,16+,17+/m1/s1. The fraction of sp³-hybridized carbons (Fsp3) is 0.435. The zero-order valence-electron chi connectivity index (χ0n) is 17.3. The van der Waals surface area contributed by atoms with Gasteiger partial charge in [-0.2, -0.15) is 0 Å². The van der Waals surface area contributed by atoms with Crippen molar-refractivity contribution in [1.82, 2.24) is 14.8 Å². The first kappa shape index (κ1) is 21.0. The van der Waals surface area contributed by atoms with Gasteiger partial charge in [-0.3, -0.25) is 9.36 Å². The maximum atomic E-state index is 12.6. The highest BCUT2D eigenvalue weighted by Crippen LogP contribution is 2.53. The van der Waals surface area contributed by atoms with Crippen molar-refractivity contribution in [1.29, 1.82) is 0 Å².